The number of nitrogen functional groups attached to an aromatic ring is 1. The van der Waals surface area contributed by atoms with E-state index in [-0.39, 0.29) is 17.1 Å². The number of halogens is 2. The van der Waals surface area contributed by atoms with E-state index in [2.05, 4.69) is 25.9 Å². The Labute approximate surface area is 207 Å². The first-order valence-electron chi connectivity index (χ1n) is 12.0. The van der Waals surface area contributed by atoms with Gasteiger partial charge in [-0.2, -0.15) is 0 Å². The second-order valence-electron chi connectivity index (χ2n) is 9.10. The molecule has 9 nitrogen and oxygen atoms in total. The maximum absolute atomic E-state index is 15.3. The largest absolute Gasteiger partial charge is 0.474 e. The van der Waals surface area contributed by atoms with Gasteiger partial charge in [0.2, 0.25) is 5.88 Å². The van der Waals surface area contributed by atoms with E-state index in [1.54, 1.807) is 18.3 Å². The highest BCUT2D eigenvalue weighted by Crippen LogP contribution is 2.39. The average molecular weight is 498 g/mol. The van der Waals surface area contributed by atoms with Gasteiger partial charge < -0.3 is 26.0 Å². The molecule has 36 heavy (non-hydrogen) atoms. The minimum atomic E-state index is -1.15. The molecule has 11 heteroatoms. The lowest BCUT2D eigenvalue weighted by molar-refractivity contribution is 0.112. The maximum Gasteiger partial charge on any atom is 0.320 e. The monoisotopic (exact) mass is 497 g/mol. The quantitative estimate of drug-likeness (QED) is 0.406. The third kappa shape index (κ3) is 4.46. The van der Waals surface area contributed by atoms with Crippen LogP contribution in [0.4, 0.5) is 30.8 Å². The van der Waals surface area contributed by atoms with Gasteiger partial charge in [-0.1, -0.05) is 6.92 Å². The Morgan fingerprint density at radius 1 is 1.31 bits per heavy atom. The van der Waals surface area contributed by atoms with Crippen molar-refractivity contribution in [2.75, 3.05) is 49.2 Å². The summed E-state index contributed by atoms with van der Waals surface area (Å²) in [5.41, 5.74) is 8.46. The molecule has 3 aromatic rings. The lowest BCUT2D eigenvalue weighted by Crippen LogP contribution is -2.53. The molecule has 0 spiro atoms. The Morgan fingerprint density at radius 2 is 2.14 bits per heavy atom. The molecular weight excluding hydrogens is 468 g/mol. The number of rotatable bonds is 4. The summed E-state index contributed by atoms with van der Waals surface area (Å²) >= 11 is 0. The van der Waals surface area contributed by atoms with Crippen LogP contribution in [0.15, 0.2) is 24.5 Å². The van der Waals surface area contributed by atoms with Crippen LogP contribution in [0.2, 0.25) is 0 Å². The molecule has 1 aromatic carbocycles. The second-order valence-corrected chi connectivity index (χ2v) is 9.10. The molecule has 1 saturated heterocycles. The number of piperidine rings is 1. The molecule has 1 fully saturated rings. The Hall–Kier alpha value is -3.73. The summed E-state index contributed by atoms with van der Waals surface area (Å²) in [6.07, 6.45) is 2.36. The molecule has 2 atom stereocenters. The number of nitrogens with one attached hydrogen (secondary N) is 3. The normalized spacial score (nSPS) is 19.8. The first-order valence-corrected chi connectivity index (χ1v) is 12.0. The van der Waals surface area contributed by atoms with Gasteiger partial charge in [-0.05, 0) is 43.0 Å². The number of amides is 2. The van der Waals surface area contributed by atoms with Crippen LogP contribution < -0.4 is 26.4 Å². The molecule has 190 valence electrons. The molecule has 0 bridgehead atoms. The molecule has 2 amide bonds. The van der Waals surface area contributed by atoms with Crippen molar-refractivity contribution in [3.05, 3.63) is 35.9 Å². The summed E-state index contributed by atoms with van der Waals surface area (Å²) in [5.74, 6) is 0.153. The lowest BCUT2D eigenvalue weighted by Gasteiger charge is -2.34. The predicted octanol–water partition coefficient (Wildman–Crippen LogP) is 3.68. The van der Waals surface area contributed by atoms with Gasteiger partial charge in [-0.25, -0.2) is 23.5 Å². The first kappa shape index (κ1) is 24.0. The topological polar surface area (TPSA) is 117 Å². The van der Waals surface area contributed by atoms with Crippen LogP contribution >= 0.6 is 0 Å². The van der Waals surface area contributed by atoms with Crippen LogP contribution in [-0.2, 0) is 0 Å². The van der Waals surface area contributed by atoms with Crippen molar-refractivity contribution in [2.45, 2.75) is 32.5 Å². The minimum absolute atomic E-state index is 0.0460. The molecule has 5 rings (SSSR count). The zero-order valence-corrected chi connectivity index (χ0v) is 20.2. The number of carbonyl (C=O) groups is 1. The van der Waals surface area contributed by atoms with E-state index in [9.17, 15) is 9.18 Å². The third-order valence-corrected chi connectivity index (χ3v) is 6.87. The number of pyridine rings is 2. The van der Waals surface area contributed by atoms with Gasteiger partial charge in [0.15, 0.2) is 5.82 Å². The van der Waals surface area contributed by atoms with E-state index in [0.29, 0.717) is 48.3 Å². The van der Waals surface area contributed by atoms with E-state index in [1.165, 1.54) is 6.20 Å². The third-order valence-electron chi connectivity index (χ3n) is 6.87. The maximum atomic E-state index is 15.3. The molecule has 0 radical (unpaired) electrons. The summed E-state index contributed by atoms with van der Waals surface area (Å²) in [4.78, 5) is 23.1. The van der Waals surface area contributed by atoms with E-state index >= 15 is 4.39 Å². The Kier molecular flexibility index (Phi) is 6.48. The number of aromatic nitrogens is 2. The number of urea groups is 1. The van der Waals surface area contributed by atoms with Crippen LogP contribution in [0.25, 0.3) is 21.9 Å². The number of likely N-dealkylation sites (tertiary alicyclic amines) is 1. The van der Waals surface area contributed by atoms with Gasteiger partial charge in [0.05, 0.1) is 11.7 Å². The average Bonchev–Trinajstić information content (AvgIpc) is 2.88. The van der Waals surface area contributed by atoms with E-state index < -0.39 is 24.1 Å². The van der Waals surface area contributed by atoms with Gasteiger partial charge >= 0.3 is 6.03 Å². The molecule has 0 aliphatic carbocycles. The smallest absolute Gasteiger partial charge is 0.320 e. The molecule has 0 unspecified atom stereocenters. The van der Waals surface area contributed by atoms with Crippen molar-refractivity contribution in [3.63, 3.8) is 0 Å². The summed E-state index contributed by atoms with van der Waals surface area (Å²) in [6.45, 7) is 6.78. The summed E-state index contributed by atoms with van der Waals surface area (Å²) in [7, 11) is 0. The number of carbonyl (C=O) groups excluding carboxylic acids is 1. The van der Waals surface area contributed by atoms with Gasteiger partial charge in [-0.15, -0.1) is 0 Å². The van der Waals surface area contributed by atoms with Crippen LogP contribution in [0.3, 0.4) is 0 Å². The molecule has 0 saturated carbocycles. The van der Waals surface area contributed by atoms with Crippen LogP contribution in [0.5, 0.6) is 5.88 Å². The summed E-state index contributed by atoms with van der Waals surface area (Å²) in [5, 5.41) is 9.62. The molecule has 2 aliphatic rings. The van der Waals surface area contributed by atoms with Crippen molar-refractivity contribution in [2.24, 2.45) is 0 Å². The zero-order chi connectivity index (χ0) is 25.4. The molecule has 2 aromatic heterocycles. The van der Waals surface area contributed by atoms with Crippen molar-refractivity contribution in [1.82, 2.24) is 20.2 Å². The van der Waals surface area contributed by atoms with Gasteiger partial charge in [0.25, 0.3) is 0 Å². The van der Waals surface area contributed by atoms with Crippen molar-refractivity contribution >= 4 is 34.0 Å². The molecule has 5 N–H and O–H groups in total. The lowest BCUT2D eigenvalue weighted by atomic mass is 9.97. The van der Waals surface area contributed by atoms with Crippen molar-refractivity contribution in [3.8, 4) is 17.0 Å². The SMILES string of the molecule is CCN1CC[C@H](NC(=O)Nc2cc3cc(-c4cnc5c(c4C)NCCO5)c(F)c(N)c3cn2)[C@H](F)C1. The number of fused-ring (bicyclic) bond motifs is 2. The molecule has 2 aliphatic heterocycles. The van der Waals surface area contributed by atoms with Crippen LogP contribution in [0, 0.1) is 12.7 Å². The Morgan fingerprint density at radius 3 is 2.92 bits per heavy atom. The van der Waals surface area contributed by atoms with Gasteiger partial charge in [0.1, 0.15) is 24.3 Å². The molecular formula is C25H29F2N7O2. The molecule has 4 heterocycles. The zero-order valence-electron chi connectivity index (χ0n) is 20.2. The highest BCUT2D eigenvalue weighted by molar-refractivity contribution is 6.00. The number of alkyl halides is 1. The predicted molar refractivity (Wildman–Crippen MR) is 136 cm³/mol. The second kappa shape index (κ2) is 9.73. The number of benzene rings is 1. The van der Waals surface area contributed by atoms with Crippen molar-refractivity contribution < 1.29 is 18.3 Å². The van der Waals surface area contributed by atoms with Crippen molar-refractivity contribution in [1.29, 1.82) is 0 Å². The number of anilines is 3. The summed E-state index contributed by atoms with van der Waals surface area (Å²) in [6, 6.07) is 2.16. The van der Waals surface area contributed by atoms with Gasteiger partial charge in [0, 0.05) is 48.5 Å². The summed E-state index contributed by atoms with van der Waals surface area (Å²) < 4.78 is 35.4. The Balaban J connectivity index is 1.41. The number of hydrogen-bond acceptors (Lipinski definition) is 7. The standard InChI is InChI=1S/C25H29F2N7O2/c1-3-34-6-4-19(18(26)12-34)32-25(35)33-20-9-14-8-15(21(27)22(28)17(14)11-30-20)16-10-31-24-23(13(16)2)29-5-7-36-24/h8-11,18-19,29H,3-7,12,28H2,1-2H3,(H2,30,32,33,35)/t18-,19+/m1/s1. The van der Waals surface area contributed by atoms with E-state index in [0.717, 1.165) is 24.3 Å². The van der Waals surface area contributed by atoms with Crippen LogP contribution in [-0.4, -0.2) is 65.9 Å². The highest BCUT2D eigenvalue weighted by atomic mass is 19.1. The van der Waals surface area contributed by atoms with E-state index in [4.69, 9.17) is 10.5 Å². The van der Waals surface area contributed by atoms with Gasteiger partial charge in [-0.3, -0.25) is 5.32 Å². The van der Waals surface area contributed by atoms with E-state index in [1.807, 2.05) is 18.7 Å². The number of hydrogen-bond donors (Lipinski definition) is 4. The first-order chi connectivity index (χ1) is 17.4. The fraction of sp³-hybridized carbons (Fsp3) is 0.400. The number of nitrogens with two attached hydrogens (primary N) is 1. The minimum Gasteiger partial charge on any atom is -0.474 e. The Bertz CT molecular complexity index is 1320. The van der Waals surface area contributed by atoms with Crippen LogP contribution in [0.1, 0.15) is 18.9 Å². The number of nitrogens with zero attached hydrogens (tertiary/aromatic N) is 3. The number of ether oxygens (including phenoxy) is 1. The highest BCUT2D eigenvalue weighted by Gasteiger charge is 2.29. The fourth-order valence-corrected chi connectivity index (χ4v) is 4.79. The fourth-order valence-electron chi connectivity index (χ4n) is 4.79.